The molecule has 11 heteroatoms. The Bertz CT molecular complexity index is 1170. The molecule has 43 heavy (non-hydrogen) atoms. The van der Waals surface area contributed by atoms with Crippen LogP contribution in [-0.4, -0.2) is 121 Å². The van der Waals surface area contributed by atoms with Gasteiger partial charge in [0.1, 0.15) is 6.61 Å². The molecular formula is C32H40N2O9. The summed E-state index contributed by atoms with van der Waals surface area (Å²) in [4.78, 5) is 38.0. The second-order valence-corrected chi connectivity index (χ2v) is 9.95. The normalized spacial score (nSPS) is 13.9. The van der Waals surface area contributed by atoms with Crippen molar-refractivity contribution in [2.45, 2.75) is 5.92 Å². The Balaban J connectivity index is 0.927. The highest BCUT2D eigenvalue weighted by atomic mass is 16.6. The number of hydrogen-bond acceptors (Lipinski definition) is 9. The van der Waals surface area contributed by atoms with E-state index >= 15 is 0 Å². The summed E-state index contributed by atoms with van der Waals surface area (Å²) in [5, 5.41) is 0. The zero-order chi connectivity index (χ0) is 30.3. The van der Waals surface area contributed by atoms with Crippen molar-refractivity contribution in [1.29, 1.82) is 0 Å². The minimum atomic E-state index is -0.374. The van der Waals surface area contributed by atoms with Gasteiger partial charge in [-0.3, -0.25) is 14.5 Å². The van der Waals surface area contributed by atoms with Crippen LogP contribution in [-0.2, 0) is 38.0 Å². The van der Waals surface area contributed by atoms with E-state index in [1.54, 1.807) is 7.05 Å². The fraction of sp³-hybridized carbons (Fsp3) is 0.469. The van der Waals surface area contributed by atoms with Gasteiger partial charge in [0.15, 0.2) is 0 Å². The second-order valence-electron chi connectivity index (χ2n) is 9.95. The van der Waals surface area contributed by atoms with E-state index in [9.17, 15) is 14.4 Å². The van der Waals surface area contributed by atoms with Crippen molar-refractivity contribution in [2.75, 3.05) is 92.8 Å². The molecule has 0 spiro atoms. The van der Waals surface area contributed by atoms with E-state index in [1.165, 1.54) is 39.3 Å². The third-order valence-corrected chi connectivity index (χ3v) is 7.07. The SMILES string of the molecule is CN(CCOCCOCCOCCOCCOCCN1C(=O)C=CC1=O)C(=O)OCC1c2ccccc2-c2ccccc21. The summed E-state index contributed by atoms with van der Waals surface area (Å²) in [6.07, 6.45) is 2.13. The summed E-state index contributed by atoms with van der Waals surface area (Å²) < 4.78 is 33.0. The Kier molecular flexibility index (Phi) is 13.1. The molecule has 0 bridgehead atoms. The van der Waals surface area contributed by atoms with Gasteiger partial charge in [0.05, 0.1) is 72.6 Å². The van der Waals surface area contributed by atoms with Crippen molar-refractivity contribution in [3.05, 3.63) is 71.8 Å². The highest BCUT2D eigenvalue weighted by Gasteiger charge is 2.29. The van der Waals surface area contributed by atoms with Gasteiger partial charge in [-0.25, -0.2) is 4.79 Å². The lowest BCUT2D eigenvalue weighted by atomic mass is 9.98. The van der Waals surface area contributed by atoms with Crippen LogP contribution in [0.25, 0.3) is 11.1 Å². The molecule has 0 atom stereocenters. The second kappa shape index (κ2) is 17.5. The molecule has 1 aliphatic carbocycles. The number of carbonyl (C=O) groups excluding carboxylic acids is 3. The molecule has 3 amide bonds. The molecule has 0 saturated heterocycles. The minimum Gasteiger partial charge on any atom is -0.448 e. The van der Waals surface area contributed by atoms with Gasteiger partial charge in [0.25, 0.3) is 11.8 Å². The molecule has 1 heterocycles. The van der Waals surface area contributed by atoms with Gasteiger partial charge in [-0.1, -0.05) is 48.5 Å². The van der Waals surface area contributed by atoms with Gasteiger partial charge in [-0.05, 0) is 22.3 Å². The van der Waals surface area contributed by atoms with Crippen LogP contribution < -0.4 is 0 Å². The molecule has 0 N–H and O–H groups in total. The van der Waals surface area contributed by atoms with E-state index in [-0.39, 0.29) is 37.0 Å². The Hall–Kier alpha value is -3.61. The molecule has 2 aromatic rings. The smallest absolute Gasteiger partial charge is 0.409 e. The fourth-order valence-corrected chi connectivity index (χ4v) is 4.79. The third-order valence-electron chi connectivity index (χ3n) is 7.07. The van der Waals surface area contributed by atoms with Gasteiger partial charge >= 0.3 is 6.09 Å². The van der Waals surface area contributed by atoms with Crippen molar-refractivity contribution >= 4 is 17.9 Å². The zero-order valence-corrected chi connectivity index (χ0v) is 24.6. The van der Waals surface area contributed by atoms with Crippen LogP contribution in [0.2, 0.25) is 0 Å². The Morgan fingerprint density at radius 3 is 1.63 bits per heavy atom. The van der Waals surface area contributed by atoms with Crippen LogP contribution in [0.4, 0.5) is 4.79 Å². The summed E-state index contributed by atoms with van der Waals surface area (Å²) >= 11 is 0. The van der Waals surface area contributed by atoms with Crippen LogP contribution in [0.15, 0.2) is 60.7 Å². The molecule has 2 aromatic carbocycles. The lowest BCUT2D eigenvalue weighted by molar-refractivity contribution is -0.137. The molecule has 4 rings (SSSR count). The average molecular weight is 597 g/mol. The number of imide groups is 1. The molecule has 0 fully saturated rings. The van der Waals surface area contributed by atoms with Crippen LogP contribution in [0.3, 0.4) is 0 Å². The summed E-state index contributed by atoms with van der Waals surface area (Å²) in [6, 6.07) is 16.5. The van der Waals surface area contributed by atoms with Crippen molar-refractivity contribution in [1.82, 2.24) is 9.80 Å². The van der Waals surface area contributed by atoms with Gasteiger partial charge in [0.2, 0.25) is 0 Å². The monoisotopic (exact) mass is 596 g/mol. The van der Waals surface area contributed by atoms with Crippen molar-refractivity contribution in [3.8, 4) is 11.1 Å². The first-order valence-corrected chi connectivity index (χ1v) is 14.5. The highest BCUT2D eigenvalue weighted by Crippen LogP contribution is 2.44. The quantitative estimate of drug-likeness (QED) is 0.168. The number of benzene rings is 2. The highest BCUT2D eigenvalue weighted by molar-refractivity contribution is 6.12. The third kappa shape index (κ3) is 9.70. The largest absolute Gasteiger partial charge is 0.448 e. The fourth-order valence-electron chi connectivity index (χ4n) is 4.79. The lowest BCUT2D eigenvalue weighted by Gasteiger charge is -2.19. The first kappa shape index (κ1) is 32.3. The van der Waals surface area contributed by atoms with Crippen LogP contribution >= 0.6 is 0 Å². The van der Waals surface area contributed by atoms with E-state index in [1.807, 2.05) is 24.3 Å². The van der Waals surface area contributed by atoms with Crippen LogP contribution in [0, 0.1) is 0 Å². The number of rotatable bonds is 20. The number of ether oxygens (including phenoxy) is 6. The average Bonchev–Trinajstić information content (AvgIpc) is 3.52. The van der Waals surface area contributed by atoms with E-state index in [0.29, 0.717) is 72.6 Å². The number of amides is 3. The summed E-state index contributed by atoms with van der Waals surface area (Å²) in [6.45, 7) is 4.95. The predicted octanol–water partition coefficient (Wildman–Crippen LogP) is 2.88. The van der Waals surface area contributed by atoms with Crippen molar-refractivity contribution < 1.29 is 42.8 Å². The molecule has 0 unspecified atom stereocenters. The molecule has 0 aromatic heterocycles. The molecule has 0 radical (unpaired) electrons. The standard InChI is InChI=1S/C32H40N2O9/c1-33(32(37)43-24-29-27-8-4-2-6-25(27)26-7-3-5-9-28(26)29)12-14-38-16-18-40-20-22-42-23-21-41-19-17-39-15-13-34-30(35)10-11-31(34)36/h2-11,29H,12-24H2,1H3. The van der Waals surface area contributed by atoms with Gasteiger partial charge in [-0.15, -0.1) is 0 Å². The number of fused-ring (bicyclic) bond motifs is 3. The number of likely N-dealkylation sites (N-methyl/N-ethyl adjacent to an activating group) is 1. The molecular weight excluding hydrogens is 556 g/mol. The Morgan fingerprint density at radius 2 is 1.12 bits per heavy atom. The first-order valence-electron chi connectivity index (χ1n) is 14.5. The molecule has 2 aliphatic rings. The van der Waals surface area contributed by atoms with E-state index in [4.69, 9.17) is 28.4 Å². The van der Waals surface area contributed by atoms with Gasteiger partial charge in [0, 0.05) is 31.7 Å². The summed E-state index contributed by atoms with van der Waals surface area (Å²) in [7, 11) is 1.70. The topological polar surface area (TPSA) is 113 Å². The molecule has 1 aliphatic heterocycles. The molecule has 11 nitrogen and oxygen atoms in total. The summed E-state index contributed by atoms with van der Waals surface area (Å²) in [5.41, 5.74) is 4.77. The Morgan fingerprint density at radius 1 is 0.674 bits per heavy atom. The molecule has 232 valence electrons. The van der Waals surface area contributed by atoms with Crippen LogP contribution in [0.1, 0.15) is 17.0 Å². The first-order chi connectivity index (χ1) is 21.1. The van der Waals surface area contributed by atoms with Gasteiger partial charge in [-0.2, -0.15) is 0 Å². The Labute approximate surface area is 252 Å². The summed E-state index contributed by atoms with van der Waals surface area (Å²) in [5.74, 6) is -0.587. The maximum atomic E-state index is 12.6. The van der Waals surface area contributed by atoms with E-state index < -0.39 is 0 Å². The molecule has 0 saturated carbocycles. The van der Waals surface area contributed by atoms with Gasteiger partial charge < -0.3 is 33.3 Å². The minimum absolute atomic E-state index is 0.0339. The van der Waals surface area contributed by atoms with Crippen molar-refractivity contribution in [2.24, 2.45) is 0 Å². The van der Waals surface area contributed by atoms with E-state index in [0.717, 1.165) is 4.90 Å². The van der Waals surface area contributed by atoms with E-state index in [2.05, 4.69) is 24.3 Å². The zero-order valence-electron chi connectivity index (χ0n) is 24.6. The number of carbonyl (C=O) groups is 3. The van der Waals surface area contributed by atoms with Crippen molar-refractivity contribution in [3.63, 3.8) is 0 Å². The number of nitrogens with zero attached hydrogens (tertiary/aromatic N) is 2. The van der Waals surface area contributed by atoms with Crippen LogP contribution in [0.5, 0.6) is 0 Å². The lowest BCUT2D eigenvalue weighted by Crippen LogP contribution is -2.33. The predicted molar refractivity (Wildman–Crippen MR) is 158 cm³/mol. The maximum Gasteiger partial charge on any atom is 0.409 e. The maximum absolute atomic E-state index is 12.6. The number of hydrogen-bond donors (Lipinski definition) is 0.